The number of carbonyl (C=O) groups excluding carboxylic acids is 1. The molecule has 2 aromatic rings. The van der Waals surface area contributed by atoms with Gasteiger partial charge in [0.15, 0.2) is 0 Å². The van der Waals surface area contributed by atoms with E-state index in [1.807, 2.05) is 17.9 Å². The molecule has 0 spiro atoms. The van der Waals surface area contributed by atoms with Crippen LogP contribution in [0.15, 0.2) is 10.6 Å². The van der Waals surface area contributed by atoms with Gasteiger partial charge in [-0.2, -0.15) is 0 Å². The number of amides is 1. The molecular weight excluding hydrogens is 304 g/mol. The van der Waals surface area contributed by atoms with Crippen molar-refractivity contribution in [3.05, 3.63) is 23.0 Å². The van der Waals surface area contributed by atoms with E-state index < -0.39 is 0 Å². The quantitative estimate of drug-likeness (QED) is 0.913. The zero-order valence-corrected chi connectivity index (χ0v) is 14.9. The van der Waals surface area contributed by atoms with Gasteiger partial charge < -0.3 is 14.7 Å². The Bertz CT molecular complexity index is 732. The van der Waals surface area contributed by atoms with Gasteiger partial charge in [-0.25, -0.2) is 4.98 Å². The van der Waals surface area contributed by atoms with E-state index in [1.54, 1.807) is 0 Å². The molecule has 130 valence electrons. The summed E-state index contributed by atoms with van der Waals surface area (Å²) in [5.74, 6) is 0.237. The highest BCUT2D eigenvalue weighted by molar-refractivity contribution is 6.06. The maximum absolute atomic E-state index is 13.4. The van der Waals surface area contributed by atoms with Gasteiger partial charge in [0, 0.05) is 24.8 Å². The van der Waals surface area contributed by atoms with E-state index in [-0.39, 0.29) is 17.9 Å². The van der Waals surface area contributed by atoms with Gasteiger partial charge in [-0.3, -0.25) is 4.79 Å². The number of fused-ring (bicyclic) bond motifs is 1. The van der Waals surface area contributed by atoms with Gasteiger partial charge in [0.1, 0.15) is 0 Å². The number of carbonyl (C=O) groups is 1. The molecule has 0 aromatic carbocycles. The molecule has 1 unspecified atom stereocenters. The van der Waals surface area contributed by atoms with E-state index >= 15 is 0 Å². The average molecular weight is 330 g/mol. The van der Waals surface area contributed by atoms with Crippen LogP contribution in [0.3, 0.4) is 0 Å². The average Bonchev–Trinajstić information content (AvgIpc) is 3.20. The summed E-state index contributed by atoms with van der Waals surface area (Å²) >= 11 is 0. The van der Waals surface area contributed by atoms with Crippen molar-refractivity contribution in [2.45, 2.75) is 52.5 Å². The number of pyridine rings is 1. The van der Waals surface area contributed by atoms with Gasteiger partial charge in [-0.15, -0.1) is 0 Å². The van der Waals surface area contributed by atoms with Gasteiger partial charge in [-0.1, -0.05) is 25.9 Å². The third-order valence-corrected chi connectivity index (χ3v) is 4.58. The SMILES string of the molecule is CCCN(C(=O)c1cc(C)nc2onc(C(C)C)c12)C1CCNC1. The summed E-state index contributed by atoms with van der Waals surface area (Å²) in [6, 6.07) is 2.13. The fourth-order valence-electron chi connectivity index (χ4n) is 3.41. The Balaban J connectivity index is 2.08. The molecular formula is C18H26N4O2. The van der Waals surface area contributed by atoms with E-state index in [1.165, 1.54) is 0 Å². The fourth-order valence-corrected chi connectivity index (χ4v) is 3.41. The summed E-state index contributed by atoms with van der Waals surface area (Å²) in [6.07, 6.45) is 1.94. The first-order valence-corrected chi connectivity index (χ1v) is 8.81. The number of aryl methyl sites for hydroxylation is 1. The Morgan fingerprint density at radius 1 is 1.50 bits per heavy atom. The van der Waals surface area contributed by atoms with Crippen molar-refractivity contribution in [3.8, 4) is 0 Å². The third-order valence-electron chi connectivity index (χ3n) is 4.58. The minimum atomic E-state index is 0.0613. The van der Waals surface area contributed by atoms with Crippen molar-refractivity contribution >= 4 is 17.0 Å². The molecule has 3 rings (SSSR count). The predicted octanol–water partition coefficient (Wildman–Crippen LogP) is 2.87. The lowest BCUT2D eigenvalue weighted by atomic mass is 10.0. The molecule has 0 radical (unpaired) electrons. The summed E-state index contributed by atoms with van der Waals surface area (Å²) in [7, 11) is 0. The second-order valence-electron chi connectivity index (χ2n) is 6.86. The molecule has 1 saturated heterocycles. The lowest BCUT2D eigenvalue weighted by molar-refractivity contribution is 0.0694. The van der Waals surface area contributed by atoms with E-state index in [4.69, 9.17) is 4.52 Å². The first-order chi connectivity index (χ1) is 11.5. The fraction of sp³-hybridized carbons (Fsp3) is 0.611. The number of nitrogens with one attached hydrogen (secondary N) is 1. The van der Waals surface area contributed by atoms with Crippen LogP contribution < -0.4 is 5.32 Å². The monoisotopic (exact) mass is 330 g/mol. The predicted molar refractivity (Wildman–Crippen MR) is 93.2 cm³/mol. The molecule has 1 atom stereocenters. The minimum Gasteiger partial charge on any atom is -0.335 e. The molecule has 0 bridgehead atoms. The van der Waals surface area contributed by atoms with Crippen molar-refractivity contribution in [2.24, 2.45) is 0 Å². The first-order valence-electron chi connectivity index (χ1n) is 8.81. The van der Waals surface area contributed by atoms with Crippen LogP contribution in [0.4, 0.5) is 0 Å². The molecule has 6 nitrogen and oxygen atoms in total. The number of aromatic nitrogens is 2. The Hall–Kier alpha value is -1.95. The summed E-state index contributed by atoms with van der Waals surface area (Å²) in [4.78, 5) is 19.8. The summed E-state index contributed by atoms with van der Waals surface area (Å²) in [5.41, 5.74) is 2.71. The molecule has 1 fully saturated rings. The molecule has 1 amide bonds. The number of rotatable bonds is 5. The van der Waals surface area contributed by atoms with Crippen molar-refractivity contribution in [1.29, 1.82) is 0 Å². The highest BCUT2D eigenvalue weighted by Crippen LogP contribution is 2.29. The molecule has 0 saturated carbocycles. The van der Waals surface area contributed by atoms with Crippen LogP contribution in [0, 0.1) is 6.92 Å². The van der Waals surface area contributed by atoms with Crippen LogP contribution in [-0.2, 0) is 0 Å². The summed E-state index contributed by atoms with van der Waals surface area (Å²) in [5, 5.41) is 8.29. The molecule has 1 aliphatic heterocycles. The largest absolute Gasteiger partial charge is 0.335 e. The van der Waals surface area contributed by atoms with Crippen molar-refractivity contribution in [1.82, 2.24) is 20.4 Å². The van der Waals surface area contributed by atoms with Crippen LogP contribution in [-0.4, -0.2) is 46.6 Å². The Labute approximate surface area is 142 Å². The second kappa shape index (κ2) is 6.89. The summed E-state index contributed by atoms with van der Waals surface area (Å²) < 4.78 is 5.40. The van der Waals surface area contributed by atoms with Crippen LogP contribution in [0.25, 0.3) is 11.1 Å². The second-order valence-corrected chi connectivity index (χ2v) is 6.86. The van der Waals surface area contributed by atoms with Crippen LogP contribution in [0.2, 0.25) is 0 Å². The Morgan fingerprint density at radius 2 is 2.29 bits per heavy atom. The lowest BCUT2D eigenvalue weighted by Gasteiger charge is -2.28. The number of hydrogen-bond acceptors (Lipinski definition) is 5. The Morgan fingerprint density at radius 3 is 2.92 bits per heavy atom. The molecule has 1 N–H and O–H groups in total. The first kappa shape index (κ1) is 16.9. The normalized spacial score (nSPS) is 17.8. The number of hydrogen-bond donors (Lipinski definition) is 1. The zero-order valence-electron chi connectivity index (χ0n) is 14.9. The zero-order chi connectivity index (χ0) is 17.3. The van der Waals surface area contributed by atoms with Crippen LogP contribution in [0.1, 0.15) is 61.3 Å². The summed E-state index contributed by atoms with van der Waals surface area (Å²) in [6.45, 7) is 10.7. The van der Waals surface area contributed by atoms with Crippen molar-refractivity contribution in [3.63, 3.8) is 0 Å². The van der Waals surface area contributed by atoms with Gasteiger partial charge in [-0.05, 0) is 38.3 Å². The van der Waals surface area contributed by atoms with Gasteiger partial charge in [0.05, 0.1) is 16.6 Å². The number of nitrogens with zero attached hydrogens (tertiary/aromatic N) is 3. The van der Waals surface area contributed by atoms with E-state index in [0.29, 0.717) is 11.3 Å². The highest BCUT2D eigenvalue weighted by atomic mass is 16.5. The molecule has 2 aromatic heterocycles. The van der Waals surface area contributed by atoms with Gasteiger partial charge in [0.2, 0.25) is 0 Å². The van der Waals surface area contributed by atoms with E-state index in [2.05, 4.69) is 36.2 Å². The molecule has 24 heavy (non-hydrogen) atoms. The standard InChI is InChI=1S/C18H26N4O2/c1-5-8-22(13-6-7-19-10-13)18(23)14-9-12(4)20-17-15(14)16(11(2)3)21-24-17/h9,11,13,19H,5-8,10H2,1-4H3. The van der Waals surface area contributed by atoms with Gasteiger partial charge in [0.25, 0.3) is 11.6 Å². The topological polar surface area (TPSA) is 71.3 Å². The molecule has 1 aliphatic rings. The van der Waals surface area contributed by atoms with Crippen LogP contribution in [0.5, 0.6) is 0 Å². The maximum Gasteiger partial charge on any atom is 0.259 e. The molecule has 3 heterocycles. The Kier molecular flexibility index (Phi) is 4.85. The molecule has 0 aliphatic carbocycles. The van der Waals surface area contributed by atoms with Crippen molar-refractivity contribution < 1.29 is 9.32 Å². The lowest BCUT2D eigenvalue weighted by Crippen LogP contribution is -2.42. The smallest absolute Gasteiger partial charge is 0.259 e. The van der Waals surface area contributed by atoms with Crippen molar-refractivity contribution in [2.75, 3.05) is 19.6 Å². The highest BCUT2D eigenvalue weighted by Gasteiger charge is 2.30. The third kappa shape index (κ3) is 3.02. The van der Waals surface area contributed by atoms with Crippen LogP contribution >= 0.6 is 0 Å². The van der Waals surface area contributed by atoms with E-state index in [0.717, 1.165) is 49.2 Å². The van der Waals surface area contributed by atoms with E-state index in [9.17, 15) is 4.79 Å². The maximum atomic E-state index is 13.4. The molecule has 6 heteroatoms. The van der Waals surface area contributed by atoms with Gasteiger partial charge >= 0.3 is 0 Å². The minimum absolute atomic E-state index is 0.0613.